The second-order valence-electron chi connectivity index (χ2n) is 4.43. The van der Waals surface area contributed by atoms with Crippen LogP contribution in [0, 0.1) is 15.9 Å². The van der Waals surface area contributed by atoms with E-state index in [-0.39, 0.29) is 17.4 Å². The topological polar surface area (TPSA) is 59.3 Å². The second kappa shape index (κ2) is 5.64. The van der Waals surface area contributed by atoms with Gasteiger partial charge in [0, 0.05) is 25.4 Å². The maximum Gasteiger partial charge on any atom is 0.292 e. The van der Waals surface area contributed by atoms with Crippen LogP contribution in [0.5, 0.6) is 0 Å². The monoisotopic (exact) mass is 275 g/mol. The Labute approximate surface area is 115 Å². The molecule has 0 aliphatic carbocycles. The summed E-state index contributed by atoms with van der Waals surface area (Å²) in [5.74, 6) is -0.509. The molecular weight excluding hydrogens is 261 g/mol. The van der Waals surface area contributed by atoms with Gasteiger partial charge in [0.25, 0.3) is 5.69 Å². The average Bonchev–Trinajstić information content (AvgIpc) is 2.46. The lowest BCUT2D eigenvalue weighted by atomic mass is 10.1. The summed E-state index contributed by atoms with van der Waals surface area (Å²) in [6, 6.07) is 8.67. The van der Waals surface area contributed by atoms with Crippen LogP contribution in [0.1, 0.15) is 18.7 Å². The molecule has 1 aromatic carbocycles. The normalized spacial score (nSPS) is 11.9. The van der Waals surface area contributed by atoms with E-state index in [1.54, 1.807) is 24.2 Å². The van der Waals surface area contributed by atoms with E-state index in [1.807, 2.05) is 19.1 Å². The van der Waals surface area contributed by atoms with E-state index in [1.165, 1.54) is 6.07 Å². The standard InChI is InChI=1S/C14H14FN3O2/c1-10(12-5-3-4-8-16-12)17(2)14-9-11(15)6-7-13(14)18(19)20/h3-10H,1-2H3. The van der Waals surface area contributed by atoms with Crippen LogP contribution in [-0.4, -0.2) is 17.0 Å². The van der Waals surface area contributed by atoms with Crippen molar-refractivity contribution in [3.8, 4) is 0 Å². The summed E-state index contributed by atoms with van der Waals surface area (Å²) >= 11 is 0. The number of pyridine rings is 1. The Hall–Kier alpha value is -2.50. The van der Waals surface area contributed by atoms with Crippen molar-refractivity contribution in [3.63, 3.8) is 0 Å². The first-order valence-electron chi connectivity index (χ1n) is 6.08. The fraction of sp³-hybridized carbons (Fsp3) is 0.214. The van der Waals surface area contributed by atoms with Crippen molar-refractivity contribution in [2.75, 3.05) is 11.9 Å². The predicted octanol–water partition coefficient (Wildman–Crippen LogP) is 3.33. The lowest BCUT2D eigenvalue weighted by Gasteiger charge is -2.26. The van der Waals surface area contributed by atoms with Gasteiger partial charge in [-0.1, -0.05) is 6.07 Å². The Morgan fingerprint density at radius 3 is 2.70 bits per heavy atom. The minimum absolute atomic E-state index is 0.128. The number of rotatable bonds is 4. The van der Waals surface area contributed by atoms with Crippen molar-refractivity contribution in [2.45, 2.75) is 13.0 Å². The molecule has 0 spiro atoms. The average molecular weight is 275 g/mol. The zero-order chi connectivity index (χ0) is 14.7. The van der Waals surface area contributed by atoms with Gasteiger partial charge in [-0.2, -0.15) is 0 Å². The number of nitro benzene ring substituents is 1. The Bertz CT molecular complexity index is 619. The molecule has 0 N–H and O–H groups in total. The highest BCUT2D eigenvalue weighted by Crippen LogP contribution is 2.32. The molecule has 0 aliphatic rings. The van der Waals surface area contributed by atoms with Crippen LogP contribution in [0.15, 0.2) is 42.6 Å². The number of halogens is 1. The van der Waals surface area contributed by atoms with Gasteiger partial charge in [0.05, 0.1) is 16.7 Å². The molecule has 5 nitrogen and oxygen atoms in total. The quantitative estimate of drug-likeness (QED) is 0.634. The molecule has 2 rings (SSSR count). The Kier molecular flexibility index (Phi) is 3.93. The highest BCUT2D eigenvalue weighted by atomic mass is 19.1. The highest BCUT2D eigenvalue weighted by molar-refractivity contribution is 5.63. The summed E-state index contributed by atoms with van der Waals surface area (Å²) in [6.45, 7) is 1.86. The first-order valence-corrected chi connectivity index (χ1v) is 6.08. The van der Waals surface area contributed by atoms with Crippen LogP contribution in [0.3, 0.4) is 0 Å². The van der Waals surface area contributed by atoms with Crippen LogP contribution in [0.4, 0.5) is 15.8 Å². The van der Waals surface area contributed by atoms with Gasteiger partial charge in [0.2, 0.25) is 0 Å². The Morgan fingerprint density at radius 1 is 1.35 bits per heavy atom. The summed E-state index contributed by atoms with van der Waals surface area (Å²) in [6.07, 6.45) is 1.65. The van der Waals surface area contributed by atoms with Gasteiger partial charge < -0.3 is 4.90 Å². The minimum Gasteiger partial charge on any atom is -0.361 e. The zero-order valence-corrected chi connectivity index (χ0v) is 11.2. The van der Waals surface area contributed by atoms with Crippen molar-refractivity contribution >= 4 is 11.4 Å². The zero-order valence-electron chi connectivity index (χ0n) is 11.2. The summed E-state index contributed by atoms with van der Waals surface area (Å²) in [4.78, 5) is 16.4. The molecule has 0 saturated heterocycles. The highest BCUT2D eigenvalue weighted by Gasteiger charge is 2.22. The lowest BCUT2D eigenvalue weighted by molar-refractivity contribution is -0.384. The van der Waals surface area contributed by atoms with E-state index < -0.39 is 10.7 Å². The number of nitro groups is 1. The van der Waals surface area contributed by atoms with E-state index >= 15 is 0 Å². The fourth-order valence-corrected chi connectivity index (χ4v) is 1.96. The molecule has 1 aromatic heterocycles. The molecule has 2 aromatic rings. The van der Waals surface area contributed by atoms with Gasteiger partial charge in [-0.05, 0) is 25.1 Å². The molecule has 0 radical (unpaired) electrons. The second-order valence-corrected chi connectivity index (χ2v) is 4.43. The summed E-state index contributed by atoms with van der Waals surface area (Å²) in [5, 5.41) is 11.0. The molecule has 1 unspecified atom stereocenters. The van der Waals surface area contributed by atoms with Gasteiger partial charge in [0.1, 0.15) is 11.5 Å². The first-order chi connectivity index (χ1) is 9.50. The number of anilines is 1. The minimum atomic E-state index is -0.517. The van der Waals surface area contributed by atoms with E-state index in [2.05, 4.69) is 4.98 Å². The van der Waals surface area contributed by atoms with Crippen molar-refractivity contribution in [1.29, 1.82) is 0 Å². The van der Waals surface area contributed by atoms with Crippen molar-refractivity contribution in [1.82, 2.24) is 4.98 Å². The van der Waals surface area contributed by atoms with E-state index in [0.717, 1.165) is 17.8 Å². The van der Waals surface area contributed by atoms with E-state index in [0.29, 0.717) is 0 Å². The number of nitrogens with zero attached hydrogens (tertiary/aromatic N) is 3. The lowest BCUT2D eigenvalue weighted by Crippen LogP contribution is -2.23. The Balaban J connectivity index is 2.40. The maximum absolute atomic E-state index is 13.4. The van der Waals surface area contributed by atoms with E-state index in [9.17, 15) is 14.5 Å². The largest absolute Gasteiger partial charge is 0.361 e. The Morgan fingerprint density at radius 2 is 2.10 bits per heavy atom. The van der Waals surface area contributed by atoms with Crippen LogP contribution in [0.25, 0.3) is 0 Å². The molecule has 0 bridgehead atoms. The van der Waals surface area contributed by atoms with Crippen molar-refractivity contribution < 1.29 is 9.31 Å². The summed E-state index contributed by atoms with van der Waals surface area (Å²) < 4.78 is 13.4. The molecule has 0 fully saturated rings. The van der Waals surface area contributed by atoms with Gasteiger partial charge in [0.15, 0.2) is 0 Å². The van der Waals surface area contributed by atoms with Gasteiger partial charge >= 0.3 is 0 Å². The van der Waals surface area contributed by atoms with Crippen LogP contribution >= 0.6 is 0 Å². The van der Waals surface area contributed by atoms with Gasteiger partial charge in [-0.3, -0.25) is 15.1 Å². The molecule has 20 heavy (non-hydrogen) atoms. The van der Waals surface area contributed by atoms with Crippen LogP contribution < -0.4 is 4.90 Å². The third kappa shape index (κ3) is 2.74. The first kappa shape index (κ1) is 13.9. The smallest absolute Gasteiger partial charge is 0.292 e. The number of benzene rings is 1. The number of aromatic nitrogens is 1. The molecule has 6 heteroatoms. The number of hydrogen-bond donors (Lipinski definition) is 0. The van der Waals surface area contributed by atoms with Gasteiger partial charge in [-0.25, -0.2) is 4.39 Å². The van der Waals surface area contributed by atoms with Crippen molar-refractivity contribution in [2.24, 2.45) is 0 Å². The molecule has 104 valence electrons. The molecule has 1 atom stereocenters. The molecule has 0 saturated carbocycles. The van der Waals surface area contributed by atoms with Crippen molar-refractivity contribution in [3.05, 3.63) is 64.2 Å². The molecular formula is C14H14FN3O2. The maximum atomic E-state index is 13.4. The van der Waals surface area contributed by atoms with Gasteiger partial charge in [-0.15, -0.1) is 0 Å². The number of hydrogen-bond acceptors (Lipinski definition) is 4. The SMILES string of the molecule is CC(c1ccccn1)N(C)c1cc(F)ccc1[N+](=O)[O-]. The third-order valence-electron chi connectivity index (χ3n) is 3.21. The fourth-order valence-electron chi connectivity index (χ4n) is 1.96. The van der Waals surface area contributed by atoms with Crippen LogP contribution in [-0.2, 0) is 0 Å². The van der Waals surface area contributed by atoms with Crippen LogP contribution in [0.2, 0.25) is 0 Å². The van der Waals surface area contributed by atoms with E-state index in [4.69, 9.17) is 0 Å². The summed E-state index contributed by atoms with van der Waals surface area (Å²) in [7, 11) is 1.68. The third-order valence-corrected chi connectivity index (χ3v) is 3.21. The molecule has 1 heterocycles. The predicted molar refractivity (Wildman–Crippen MR) is 74.1 cm³/mol. The summed E-state index contributed by atoms with van der Waals surface area (Å²) in [5.41, 5.74) is 0.860. The molecule has 0 aliphatic heterocycles. The molecule has 0 amide bonds.